The molecule has 84 valence electrons. The second kappa shape index (κ2) is 5.48. The van der Waals surface area contributed by atoms with Crippen molar-refractivity contribution in [2.75, 3.05) is 18.8 Å². The van der Waals surface area contributed by atoms with E-state index >= 15 is 0 Å². The van der Waals surface area contributed by atoms with Crippen LogP contribution in [0.2, 0.25) is 4.34 Å². The summed E-state index contributed by atoms with van der Waals surface area (Å²) in [6, 6.07) is 0. The maximum absolute atomic E-state index is 5.99. The zero-order valence-corrected chi connectivity index (χ0v) is 11.0. The van der Waals surface area contributed by atoms with Crippen LogP contribution in [0.25, 0.3) is 0 Å². The van der Waals surface area contributed by atoms with Crippen molar-refractivity contribution in [3.63, 3.8) is 0 Å². The summed E-state index contributed by atoms with van der Waals surface area (Å²) in [7, 11) is 0. The average molecular weight is 264 g/mol. The molecule has 3 nitrogen and oxygen atoms in total. The number of hydrogen-bond donors (Lipinski definition) is 0. The van der Waals surface area contributed by atoms with Crippen LogP contribution in [-0.4, -0.2) is 38.6 Å². The predicted molar refractivity (Wildman–Crippen MR) is 66.7 cm³/mol. The van der Waals surface area contributed by atoms with E-state index in [-0.39, 0.29) is 0 Å². The zero-order valence-electron chi connectivity index (χ0n) is 8.65. The van der Waals surface area contributed by atoms with Crippen molar-refractivity contribution in [1.82, 2.24) is 14.5 Å². The topological polar surface area (TPSA) is 29.0 Å². The summed E-state index contributed by atoms with van der Waals surface area (Å²) in [5.41, 5.74) is 0.934. The van der Waals surface area contributed by atoms with Gasteiger partial charge in [0.05, 0.1) is 0 Å². The minimum Gasteiger partial charge on any atom is -0.295 e. The van der Waals surface area contributed by atoms with Crippen LogP contribution in [0.5, 0.6) is 0 Å². The molecule has 1 atom stereocenters. The smallest absolute Gasteiger partial charge is 0.138 e. The first-order valence-corrected chi connectivity index (χ1v) is 7.30. The fraction of sp³-hybridized carbons (Fsp3) is 0.778. The normalized spacial score (nSPS) is 23.2. The number of rotatable bonds is 3. The molecule has 0 saturated carbocycles. The lowest BCUT2D eigenvalue weighted by Crippen LogP contribution is -2.37. The third-order valence-corrected chi connectivity index (χ3v) is 4.92. The van der Waals surface area contributed by atoms with Gasteiger partial charge in [-0.3, -0.25) is 4.90 Å². The van der Waals surface area contributed by atoms with Crippen molar-refractivity contribution >= 4 is 34.9 Å². The van der Waals surface area contributed by atoms with Gasteiger partial charge >= 0.3 is 0 Å². The van der Waals surface area contributed by atoms with Crippen molar-refractivity contribution in [3.8, 4) is 0 Å². The van der Waals surface area contributed by atoms with Gasteiger partial charge in [-0.05, 0) is 6.42 Å². The number of thioether (sulfide) groups is 1. The van der Waals surface area contributed by atoms with Crippen LogP contribution in [0.15, 0.2) is 0 Å². The van der Waals surface area contributed by atoms with Crippen LogP contribution in [0, 0.1) is 0 Å². The SMILES string of the molecule is CCC1CN(Cc2nnsc2Cl)CCS1. The average Bonchev–Trinajstić information content (AvgIpc) is 2.65. The molecule has 2 rings (SSSR count). The Morgan fingerprint density at radius 2 is 2.47 bits per heavy atom. The molecular weight excluding hydrogens is 250 g/mol. The molecule has 6 heteroatoms. The molecule has 1 aromatic rings. The molecule has 0 aliphatic carbocycles. The second-order valence-electron chi connectivity index (χ2n) is 3.63. The van der Waals surface area contributed by atoms with Crippen LogP contribution in [0.3, 0.4) is 0 Å². The summed E-state index contributed by atoms with van der Waals surface area (Å²) in [6.45, 7) is 5.38. The number of aromatic nitrogens is 2. The maximum Gasteiger partial charge on any atom is 0.138 e. The van der Waals surface area contributed by atoms with Crippen molar-refractivity contribution in [2.24, 2.45) is 0 Å². The van der Waals surface area contributed by atoms with E-state index in [1.165, 1.54) is 23.7 Å². The van der Waals surface area contributed by atoms with Gasteiger partial charge < -0.3 is 0 Å². The second-order valence-corrected chi connectivity index (χ2v) is 6.39. The molecule has 0 aromatic carbocycles. The van der Waals surface area contributed by atoms with E-state index in [1.54, 1.807) is 0 Å². The van der Waals surface area contributed by atoms with E-state index in [2.05, 4.69) is 33.2 Å². The van der Waals surface area contributed by atoms with Crippen LogP contribution in [-0.2, 0) is 6.54 Å². The lowest BCUT2D eigenvalue weighted by atomic mass is 10.3. The van der Waals surface area contributed by atoms with Gasteiger partial charge in [0.2, 0.25) is 0 Å². The van der Waals surface area contributed by atoms with E-state index in [0.29, 0.717) is 0 Å². The largest absolute Gasteiger partial charge is 0.295 e. The molecule has 1 aliphatic rings. The number of halogens is 1. The zero-order chi connectivity index (χ0) is 10.7. The Morgan fingerprint density at radius 3 is 3.13 bits per heavy atom. The van der Waals surface area contributed by atoms with Gasteiger partial charge in [-0.15, -0.1) is 5.10 Å². The van der Waals surface area contributed by atoms with Gasteiger partial charge in [0, 0.05) is 42.2 Å². The first-order valence-electron chi connectivity index (χ1n) is 5.10. The minimum atomic E-state index is 0.737. The molecule has 0 N–H and O–H groups in total. The summed E-state index contributed by atoms with van der Waals surface area (Å²) in [5, 5.41) is 4.82. The third kappa shape index (κ3) is 3.06. The number of nitrogens with zero attached hydrogens (tertiary/aromatic N) is 3. The van der Waals surface area contributed by atoms with E-state index in [9.17, 15) is 0 Å². The molecule has 15 heavy (non-hydrogen) atoms. The van der Waals surface area contributed by atoms with Gasteiger partial charge in [-0.25, -0.2) is 0 Å². The van der Waals surface area contributed by atoms with Crippen molar-refractivity contribution in [2.45, 2.75) is 25.1 Å². The molecule has 0 amide bonds. The highest BCUT2D eigenvalue weighted by Crippen LogP contribution is 2.24. The van der Waals surface area contributed by atoms with Gasteiger partial charge in [0.25, 0.3) is 0 Å². The highest BCUT2D eigenvalue weighted by molar-refractivity contribution is 8.00. The van der Waals surface area contributed by atoms with E-state index < -0.39 is 0 Å². The summed E-state index contributed by atoms with van der Waals surface area (Å²) in [5.74, 6) is 1.22. The highest BCUT2D eigenvalue weighted by atomic mass is 35.5. The van der Waals surface area contributed by atoms with Gasteiger partial charge in [-0.2, -0.15) is 11.8 Å². The minimum absolute atomic E-state index is 0.737. The lowest BCUT2D eigenvalue weighted by molar-refractivity contribution is 0.270. The molecule has 0 radical (unpaired) electrons. The Morgan fingerprint density at radius 1 is 1.60 bits per heavy atom. The van der Waals surface area contributed by atoms with Crippen molar-refractivity contribution in [3.05, 3.63) is 10.0 Å². The maximum atomic E-state index is 5.99. The molecule has 0 spiro atoms. The van der Waals surface area contributed by atoms with Crippen molar-refractivity contribution in [1.29, 1.82) is 0 Å². The molecule has 1 aromatic heterocycles. The Hall–Kier alpha value is 0.160. The van der Waals surface area contributed by atoms with Crippen LogP contribution in [0.1, 0.15) is 19.0 Å². The standard InChI is InChI=1S/C9H14ClN3S2/c1-2-7-5-13(3-4-14-7)6-8-9(10)15-12-11-8/h7H,2-6H2,1H3. The first kappa shape index (κ1) is 11.6. The Labute approximate surface area is 103 Å². The van der Waals surface area contributed by atoms with Crippen LogP contribution >= 0.6 is 34.9 Å². The molecular formula is C9H14ClN3S2. The summed E-state index contributed by atoms with van der Waals surface area (Å²) in [4.78, 5) is 2.42. The molecule has 1 saturated heterocycles. The van der Waals surface area contributed by atoms with Crippen molar-refractivity contribution < 1.29 is 0 Å². The molecule has 1 unspecified atom stereocenters. The van der Waals surface area contributed by atoms with E-state index in [1.807, 2.05) is 0 Å². The number of hydrogen-bond acceptors (Lipinski definition) is 5. The summed E-state index contributed by atoms with van der Waals surface area (Å²) in [6.07, 6.45) is 1.24. The first-order chi connectivity index (χ1) is 7.29. The summed E-state index contributed by atoms with van der Waals surface area (Å²) < 4.78 is 4.59. The lowest BCUT2D eigenvalue weighted by Gasteiger charge is -2.31. The van der Waals surface area contributed by atoms with E-state index in [4.69, 9.17) is 11.6 Å². The van der Waals surface area contributed by atoms with E-state index in [0.717, 1.165) is 34.9 Å². The van der Waals surface area contributed by atoms with Gasteiger partial charge in [-0.1, -0.05) is 23.0 Å². The van der Waals surface area contributed by atoms with Crippen LogP contribution < -0.4 is 0 Å². The fourth-order valence-corrected chi connectivity index (χ4v) is 3.53. The third-order valence-electron chi connectivity index (χ3n) is 2.56. The monoisotopic (exact) mass is 263 g/mol. The molecule has 1 aliphatic heterocycles. The predicted octanol–water partition coefficient (Wildman–Crippen LogP) is 2.52. The Bertz CT molecular complexity index is 318. The quantitative estimate of drug-likeness (QED) is 0.838. The van der Waals surface area contributed by atoms with Crippen LogP contribution in [0.4, 0.5) is 0 Å². The Balaban J connectivity index is 1.92. The van der Waals surface area contributed by atoms with Gasteiger partial charge in [0.15, 0.2) is 0 Å². The summed E-state index contributed by atoms with van der Waals surface area (Å²) >= 11 is 9.34. The molecule has 2 heterocycles. The highest BCUT2D eigenvalue weighted by Gasteiger charge is 2.20. The molecule has 0 bridgehead atoms. The fourth-order valence-electron chi connectivity index (χ4n) is 1.67. The van der Waals surface area contributed by atoms with Gasteiger partial charge in [0.1, 0.15) is 10.0 Å². The Kier molecular flexibility index (Phi) is 4.25. The molecule has 1 fully saturated rings.